The first-order valence-corrected chi connectivity index (χ1v) is 21.9. The number of unbranched alkanes of at least 4 members (excludes halogenated alkanes) is 22. The second-order valence-corrected chi connectivity index (χ2v) is 15.4. The van der Waals surface area contributed by atoms with Crippen LogP contribution in [0.15, 0.2) is 24.3 Å². The highest BCUT2D eigenvalue weighted by atomic mass is 32.2. The van der Waals surface area contributed by atoms with Crippen molar-refractivity contribution in [3.05, 3.63) is 24.3 Å². The number of sulfonamides is 1. The lowest BCUT2D eigenvalue weighted by Crippen LogP contribution is -2.39. The van der Waals surface area contributed by atoms with Gasteiger partial charge < -0.3 is 9.47 Å². The number of hydrogen-bond donors (Lipinski definition) is 1. The first-order chi connectivity index (χ1) is 25.0. The number of nitrogens with one attached hydrogen (secondary N) is 1. The summed E-state index contributed by atoms with van der Waals surface area (Å²) in [7, 11) is -5.75. The van der Waals surface area contributed by atoms with Crippen LogP contribution in [-0.2, 0) is 33.9 Å². The Hall–Kier alpha value is -1.92. The molecule has 0 saturated heterocycles. The summed E-state index contributed by atoms with van der Waals surface area (Å²) in [4.78, 5) is 30.2. The van der Waals surface area contributed by atoms with Gasteiger partial charge in [0.25, 0.3) is 0 Å². The van der Waals surface area contributed by atoms with Gasteiger partial charge in [0.2, 0.25) is 0 Å². The number of carbonyl (C=O) groups is 2. The second kappa shape index (κ2) is 34.8. The first kappa shape index (κ1) is 50.1. The van der Waals surface area contributed by atoms with Crippen molar-refractivity contribution >= 4 is 22.0 Å². The quantitative estimate of drug-likeness (QED) is 0.0290. The predicted octanol–water partition coefficient (Wildman–Crippen LogP) is 11.9. The lowest BCUT2D eigenvalue weighted by molar-refractivity contribution is -0.164. The number of halogens is 3. The average molecular weight is 768 g/mol. The molecule has 0 rings (SSSR count). The highest BCUT2D eigenvalue weighted by Gasteiger charge is 2.46. The number of alkyl halides is 3. The normalized spacial score (nSPS) is 12.9. The van der Waals surface area contributed by atoms with Crippen LogP contribution in [0.5, 0.6) is 0 Å². The molecule has 0 heterocycles. The molecule has 0 fully saturated rings. The summed E-state index contributed by atoms with van der Waals surface area (Å²) in [5.41, 5.74) is -5.57. The summed E-state index contributed by atoms with van der Waals surface area (Å²) in [6.45, 7) is 3.23. The third-order valence-electron chi connectivity index (χ3n) is 8.76. The SMILES string of the molecule is CCCCCCCC/C=C\CCCCCCCC(=O)OC[C@H](CONS(=O)(=O)C(F)(F)F)OC(=O)CCCCCCC/C=C\CCCCCCCC. The van der Waals surface area contributed by atoms with E-state index in [1.54, 1.807) is 0 Å². The molecule has 0 aliphatic carbocycles. The van der Waals surface area contributed by atoms with Gasteiger partial charge in [0.1, 0.15) is 13.2 Å². The van der Waals surface area contributed by atoms with Crippen molar-refractivity contribution in [3.63, 3.8) is 0 Å². The van der Waals surface area contributed by atoms with Crippen LogP contribution in [0, 0.1) is 0 Å². The molecule has 0 amide bonds. The molecule has 1 N–H and O–H groups in total. The van der Waals surface area contributed by atoms with E-state index in [4.69, 9.17) is 9.47 Å². The Bertz CT molecular complexity index is 1020. The molecule has 0 aromatic heterocycles. The van der Waals surface area contributed by atoms with Gasteiger partial charge in [-0.3, -0.25) is 14.4 Å². The van der Waals surface area contributed by atoms with E-state index in [9.17, 15) is 31.2 Å². The summed E-state index contributed by atoms with van der Waals surface area (Å²) in [6, 6.07) is 0. The Kier molecular flexibility index (Phi) is 33.5. The van der Waals surface area contributed by atoms with Crippen molar-refractivity contribution < 1.29 is 45.5 Å². The van der Waals surface area contributed by atoms with Gasteiger partial charge >= 0.3 is 27.5 Å². The first-order valence-electron chi connectivity index (χ1n) is 20.4. The maximum Gasteiger partial charge on any atom is 0.513 e. The minimum absolute atomic E-state index is 0.0752. The molecule has 0 aromatic rings. The molecular formula is C40H72F3NO7S. The lowest BCUT2D eigenvalue weighted by Gasteiger charge is -2.18. The van der Waals surface area contributed by atoms with Gasteiger partial charge in [0, 0.05) is 12.8 Å². The molecule has 0 aliphatic heterocycles. The van der Waals surface area contributed by atoms with Crippen molar-refractivity contribution in [3.8, 4) is 0 Å². The fraction of sp³-hybridized carbons (Fsp3) is 0.850. The molecule has 52 heavy (non-hydrogen) atoms. The van der Waals surface area contributed by atoms with E-state index < -0.39 is 46.8 Å². The van der Waals surface area contributed by atoms with Crippen molar-refractivity contribution in [2.45, 2.75) is 205 Å². The van der Waals surface area contributed by atoms with Gasteiger partial charge in [0.15, 0.2) is 6.10 Å². The lowest BCUT2D eigenvalue weighted by atomic mass is 10.1. The van der Waals surface area contributed by atoms with Crippen LogP contribution in [0.4, 0.5) is 13.2 Å². The van der Waals surface area contributed by atoms with E-state index in [1.807, 2.05) is 0 Å². The topological polar surface area (TPSA) is 108 Å². The van der Waals surface area contributed by atoms with E-state index >= 15 is 0 Å². The highest BCUT2D eigenvalue weighted by molar-refractivity contribution is 7.90. The number of ether oxygens (including phenoxy) is 2. The van der Waals surface area contributed by atoms with Crippen LogP contribution < -0.4 is 4.89 Å². The molecule has 0 radical (unpaired) electrons. The fourth-order valence-corrected chi connectivity index (χ4v) is 5.87. The highest BCUT2D eigenvalue weighted by Crippen LogP contribution is 2.21. The molecule has 12 heteroatoms. The number of carbonyl (C=O) groups excluding carboxylic acids is 2. The van der Waals surface area contributed by atoms with Crippen LogP contribution in [0.2, 0.25) is 0 Å². The van der Waals surface area contributed by atoms with Gasteiger partial charge in [-0.15, -0.1) is 0 Å². The summed E-state index contributed by atoms with van der Waals surface area (Å²) >= 11 is 0. The Labute approximate surface area is 314 Å². The summed E-state index contributed by atoms with van der Waals surface area (Å²) in [5, 5.41) is 0. The van der Waals surface area contributed by atoms with Gasteiger partial charge in [-0.2, -0.15) is 13.2 Å². The molecular weight excluding hydrogens is 696 g/mol. The standard InChI is InChI=1S/C40H72F3NO7S/c1-3-5-7-9-11-13-15-17-19-21-23-25-27-29-31-33-38(45)49-35-37(36-50-44-52(47,48)40(41,42)43)51-39(46)34-32-30-28-26-24-22-20-18-16-14-12-10-8-6-4-2/h17-20,37,44H,3-16,21-36H2,1-2H3/b19-17-,20-18-/t37-/m1/s1. The minimum Gasteiger partial charge on any atom is -0.462 e. The van der Waals surface area contributed by atoms with Crippen LogP contribution in [0.1, 0.15) is 194 Å². The zero-order chi connectivity index (χ0) is 38.6. The van der Waals surface area contributed by atoms with E-state index in [0.29, 0.717) is 12.8 Å². The molecule has 0 unspecified atom stereocenters. The zero-order valence-corrected chi connectivity index (χ0v) is 33.3. The molecule has 0 spiro atoms. The van der Waals surface area contributed by atoms with Crippen molar-refractivity contribution in [1.29, 1.82) is 0 Å². The van der Waals surface area contributed by atoms with Crippen LogP contribution in [-0.4, -0.2) is 45.2 Å². The maximum absolute atomic E-state index is 12.6. The Morgan fingerprint density at radius 3 is 1.33 bits per heavy atom. The molecule has 8 nitrogen and oxygen atoms in total. The van der Waals surface area contributed by atoms with Gasteiger partial charge in [-0.1, -0.05) is 146 Å². The van der Waals surface area contributed by atoms with E-state index in [2.05, 4.69) is 43.0 Å². The third kappa shape index (κ3) is 32.7. The van der Waals surface area contributed by atoms with Crippen LogP contribution >= 0.6 is 0 Å². The Morgan fingerprint density at radius 1 is 0.558 bits per heavy atom. The van der Waals surface area contributed by atoms with E-state index in [0.717, 1.165) is 81.9 Å². The number of esters is 2. The second-order valence-electron chi connectivity index (χ2n) is 13.8. The van der Waals surface area contributed by atoms with Crippen molar-refractivity contribution in [1.82, 2.24) is 4.89 Å². The van der Waals surface area contributed by atoms with Crippen LogP contribution in [0.3, 0.4) is 0 Å². The maximum atomic E-state index is 12.6. The van der Waals surface area contributed by atoms with Crippen molar-refractivity contribution in [2.75, 3.05) is 13.2 Å². The summed E-state index contributed by atoms with van der Waals surface area (Å²) in [6.07, 6.45) is 37.0. The predicted molar refractivity (Wildman–Crippen MR) is 204 cm³/mol. The molecule has 0 aromatic carbocycles. The number of rotatable bonds is 37. The number of hydrogen-bond acceptors (Lipinski definition) is 7. The summed E-state index contributed by atoms with van der Waals surface area (Å²) < 4.78 is 70.9. The molecule has 0 aliphatic rings. The Morgan fingerprint density at radius 2 is 0.923 bits per heavy atom. The van der Waals surface area contributed by atoms with E-state index in [1.165, 1.54) is 77.0 Å². The molecule has 0 bridgehead atoms. The van der Waals surface area contributed by atoms with Gasteiger partial charge in [-0.05, 0) is 64.2 Å². The largest absolute Gasteiger partial charge is 0.513 e. The number of allylic oxidation sites excluding steroid dienone is 4. The molecule has 306 valence electrons. The molecule has 0 saturated carbocycles. The molecule has 1 atom stereocenters. The van der Waals surface area contributed by atoms with Crippen molar-refractivity contribution in [2.24, 2.45) is 0 Å². The van der Waals surface area contributed by atoms with Crippen LogP contribution in [0.25, 0.3) is 0 Å². The van der Waals surface area contributed by atoms with Gasteiger partial charge in [-0.25, -0.2) is 8.42 Å². The van der Waals surface area contributed by atoms with E-state index in [-0.39, 0.29) is 12.8 Å². The summed E-state index contributed by atoms with van der Waals surface area (Å²) in [5.74, 6) is -1.16. The average Bonchev–Trinajstić information content (AvgIpc) is 3.09. The minimum atomic E-state index is -5.75. The zero-order valence-electron chi connectivity index (χ0n) is 32.5. The fourth-order valence-electron chi connectivity index (χ4n) is 5.55. The monoisotopic (exact) mass is 767 g/mol. The Balaban J connectivity index is 4.27. The van der Waals surface area contributed by atoms with Gasteiger partial charge in [0.05, 0.1) is 0 Å². The third-order valence-corrected chi connectivity index (χ3v) is 9.70. The smallest absolute Gasteiger partial charge is 0.462 e.